The van der Waals surface area contributed by atoms with Gasteiger partial charge in [-0.1, -0.05) is 20.8 Å². The molecular weight excluding hydrogens is 324 g/mol. The van der Waals surface area contributed by atoms with Crippen molar-refractivity contribution in [2.75, 3.05) is 33.8 Å². The van der Waals surface area contributed by atoms with Gasteiger partial charge in [0.1, 0.15) is 0 Å². The summed E-state index contributed by atoms with van der Waals surface area (Å²) in [4.78, 5) is 5.24. The molecule has 0 aromatic heterocycles. The van der Waals surface area contributed by atoms with Gasteiger partial charge in [0.15, 0.2) is 11.5 Å². The molecule has 26 heavy (non-hydrogen) atoms. The van der Waals surface area contributed by atoms with Crippen molar-refractivity contribution in [2.45, 2.75) is 65.6 Å². The minimum absolute atomic E-state index is 0.154. The van der Waals surface area contributed by atoms with E-state index in [4.69, 9.17) is 9.47 Å². The molecule has 2 aliphatic rings. The van der Waals surface area contributed by atoms with Crippen LogP contribution in [0.25, 0.3) is 0 Å². The first-order valence-electron chi connectivity index (χ1n) is 9.99. The van der Waals surface area contributed by atoms with Crippen LogP contribution in [0.3, 0.4) is 0 Å². The predicted molar refractivity (Wildman–Crippen MR) is 107 cm³/mol. The molecule has 1 saturated heterocycles. The lowest BCUT2D eigenvalue weighted by Gasteiger charge is -2.49. The number of hydrogen-bond acceptors (Lipinski definition) is 4. The highest BCUT2D eigenvalue weighted by Gasteiger charge is 2.37. The highest BCUT2D eigenvalue weighted by Crippen LogP contribution is 2.41. The summed E-state index contributed by atoms with van der Waals surface area (Å²) in [5.41, 5.74) is 3.21. The van der Waals surface area contributed by atoms with E-state index in [9.17, 15) is 0 Å². The molecule has 0 spiro atoms. The van der Waals surface area contributed by atoms with Crippen LogP contribution in [0.2, 0.25) is 0 Å². The highest BCUT2D eigenvalue weighted by molar-refractivity contribution is 5.50. The number of piperazine rings is 1. The zero-order valence-corrected chi connectivity index (χ0v) is 17.6. The van der Waals surface area contributed by atoms with Crippen LogP contribution in [0.15, 0.2) is 12.1 Å². The molecule has 3 rings (SSSR count). The number of ether oxygens (including phenoxy) is 2. The Hall–Kier alpha value is -1.26. The van der Waals surface area contributed by atoms with Crippen molar-refractivity contribution >= 4 is 0 Å². The van der Waals surface area contributed by atoms with Gasteiger partial charge < -0.3 is 14.4 Å². The standard InChI is InChI=1S/C22H36N2O2/c1-15(2)26-21-10-16-8-9-24-13-17(12-22(3,4)5)23(6)14-19(24)18(16)11-20(21)25-7/h10-11,15,17,19H,8-9,12-14H2,1-7H3/t17-,19?/m1/s1. The van der Waals surface area contributed by atoms with Crippen LogP contribution in [0.4, 0.5) is 0 Å². The van der Waals surface area contributed by atoms with Gasteiger partial charge in [-0.25, -0.2) is 0 Å². The molecule has 0 radical (unpaired) electrons. The van der Waals surface area contributed by atoms with Gasteiger partial charge in [-0.2, -0.15) is 0 Å². The largest absolute Gasteiger partial charge is 0.493 e. The minimum Gasteiger partial charge on any atom is -0.493 e. The summed E-state index contributed by atoms with van der Waals surface area (Å²) in [6, 6.07) is 5.54. The number of hydrogen-bond donors (Lipinski definition) is 0. The topological polar surface area (TPSA) is 24.9 Å². The summed E-state index contributed by atoms with van der Waals surface area (Å²) >= 11 is 0. The van der Waals surface area contributed by atoms with Crippen molar-refractivity contribution < 1.29 is 9.47 Å². The number of rotatable bonds is 4. The minimum atomic E-state index is 0.154. The molecule has 4 nitrogen and oxygen atoms in total. The number of likely N-dealkylation sites (N-methyl/N-ethyl adjacent to an activating group) is 1. The van der Waals surface area contributed by atoms with Crippen LogP contribution in [-0.2, 0) is 6.42 Å². The summed E-state index contributed by atoms with van der Waals surface area (Å²) in [5.74, 6) is 1.74. The molecule has 0 bridgehead atoms. The van der Waals surface area contributed by atoms with Crippen LogP contribution >= 0.6 is 0 Å². The van der Waals surface area contributed by atoms with E-state index >= 15 is 0 Å². The van der Waals surface area contributed by atoms with Crippen LogP contribution in [-0.4, -0.2) is 55.7 Å². The second-order valence-electron chi connectivity index (χ2n) is 9.49. The van der Waals surface area contributed by atoms with Crippen molar-refractivity contribution in [1.29, 1.82) is 0 Å². The van der Waals surface area contributed by atoms with Gasteiger partial charge in [-0.3, -0.25) is 4.90 Å². The Morgan fingerprint density at radius 3 is 2.50 bits per heavy atom. The van der Waals surface area contributed by atoms with Gasteiger partial charge in [0, 0.05) is 31.7 Å². The smallest absolute Gasteiger partial charge is 0.161 e. The molecule has 2 atom stereocenters. The summed E-state index contributed by atoms with van der Waals surface area (Å²) < 4.78 is 11.6. The number of methoxy groups -OCH3 is 1. The Balaban J connectivity index is 1.85. The molecule has 1 unspecified atom stereocenters. The van der Waals surface area contributed by atoms with Crippen molar-refractivity contribution in [3.8, 4) is 11.5 Å². The third kappa shape index (κ3) is 4.17. The second-order valence-corrected chi connectivity index (χ2v) is 9.49. The third-order valence-corrected chi connectivity index (χ3v) is 5.63. The van der Waals surface area contributed by atoms with Crippen molar-refractivity contribution in [2.24, 2.45) is 5.41 Å². The third-order valence-electron chi connectivity index (χ3n) is 5.63. The van der Waals surface area contributed by atoms with Gasteiger partial charge >= 0.3 is 0 Å². The Morgan fingerprint density at radius 1 is 1.15 bits per heavy atom. The van der Waals surface area contributed by atoms with E-state index in [2.05, 4.69) is 63.6 Å². The van der Waals surface area contributed by atoms with E-state index in [0.29, 0.717) is 17.5 Å². The van der Waals surface area contributed by atoms with Crippen LogP contribution in [0.1, 0.15) is 58.2 Å². The SMILES string of the molecule is COc1cc2c(cc1OC(C)C)CCN1C[C@@H](CC(C)(C)C)N(C)CC21. The molecule has 2 aliphatic heterocycles. The van der Waals surface area contributed by atoms with E-state index in [-0.39, 0.29) is 6.10 Å². The first-order chi connectivity index (χ1) is 12.2. The zero-order valence-electron chi connectivity index (χ0n) is 17.6. The molecule has 4 heteroatoms. The van der Waals surface area contributed by atoms with E-state index < -0.39 is 0 Å². The van der Waals surface area contributed by atoms with E-state index in [1.165, 1.54) is 17.5 Å². The molecule has 1 fully saturated rings. The first-order valence-corrected chi connectivity index (χ1v) is 9.99. The number of nitrogens with zero attached hydrogens (tertiary/aromatic N) is 2. The van der Waals surface area contributed by atoms with E-state index in [1.54, 1.807) is 7.11 Å². The Labute approximate surface area is 159 Å². The molecule has 1 aromatic carbocycles. The van der Waals surface area contributed by atoms with Gasteiger partial charge in [0.05, 0.1) is 13.2 Å². The molecule has 1 aromatic rings. The summed E-state index contributed by atoms with van der Waals surface area (Å²) in [5, 5.41) is 0. The molecule has 0 aliphatic carbocycles. The Kier molecular flexibility index (Phi) is 5.55. The zero-order chi connectivity index (χ0) is 19.1. The predicted octanol–water partition coefficient (Wildman–Crippen LogP) is 4.13. The maximum atomic E-state index is 5.98. The molecule has 146 valence electrons. The van der Waals surface area contributed by atoms with Gasteiger partial charge in [0.25, 0.3) is 0 Å². The molecule has 0 amide bonds. The fourth-order valence-electron chi connectivity index (χ4n) is 4.46. The Bertz CT molecular complexity index is 636. The van der Waals surface area contributed by atoms with Crippen molar-refractivity contribution in [3.63, 3.8) is 0 Å². The van der Waals surface area contributed by atoms with Gasteiger partial charge in [-0.05, 0) is 62.4 Å². The quantitative estimate of drug-likeness (QED) is 0.806. The lowest BCUT2D eigenvalue weighted by Crippen LogP contribution is -2.55. The molecule has 0 N–H and O–H groups in total. The van der Waals surface area contributed by atoms with E-state index in [1.807, 2.05) is 0 Å². The monoisotopic (exact) mass is 360 g/mol. The first kappa shape index (κ1) is 19.5. The van der Waals surface area contributed by atoms with Gasteiger partial charge in [-0.15, -0.1) is 0 Å². The second kappa shape index (κ2) is 7.40. The molecular formula is C22H36N2O2. The summed E-state index contributed by atoms with van der Waals surface area (Å²) in [6.45, 7) is 14.5. The average molecular weight is 361 g/mol. The van der Waals surface area contributed by atoms with E-state index in [0.717, 1.165) is 37.6 Å². The molecule has 2 heterocycles. The number of fused-ring (bicyclic) bond motifs is 3. The highest BCUT2D eigenvalue weighted by atomic mass is 16.5. The summed E-state index contributed by atoms with van der Waals surface area (Å²) in [6.07, 6.45) is 2.49. The van der Waals surface area contributed by atoms with Crippen LogP contribution in [0.5, 0.6) is 11.5 Å². The summed E-state index contributed by atoms with van der Waals surface area (Å²) in [7, 11) is 4.03. The fourth-order valence-corrected chi connectivity index (χ4v) is 4.46. The maximum Gasteiger partial charge on any atom is 0.161 e. The maximum absolute atomic E-state index is 5.98. The average Bonchev–Trinajstić information content (AvgIpc) is 2.53. The van der Waals surface area contributed by atoms with Gasteiger partial charge in [0.2, 0.25) is 0 Å². The normalized spacial score (nSPS) is 24.3. The lowest BCUT2D eigenvalue weighted by molar-refractivity contribution is 0.0213. The van der Waals surface area contributed by atoms with Crippen molar-refractivity contribution in [3.05, 3.63) is 23.3 Å². The fraction of sp³-hybridized carbons (Fsp3) is 0.727. The number of benzene rings is 1. The Morgan fingerprint density at radius 2 is 1.88 bits per heavy atom. The van der Waals surface area contributed by atoms with Crippen molar-refractivity contribution in [1.82, 2.24) is 9.80 Å². The lowest BCUT2D eigenvalue weighted by atomic mass is 9.84. The van der Waals surface area contributed by atoms with Crippen LogP contribution in [0, 0.1) is 5.41 Å². The van der Waals surface area contributed by atoms with Crippen LogP contribution < -0.4 is 9.47 Å². The molecule has 0 saturated carbocycles.